The molecular weight excluding hydrogens is 212 g/mol. The molecule has 17 heavy (non-hydrogen) atoms. The highest BCUT2D eigenvalue weighted by molar-refractivity contribution is 5.78. The lowest BCUT2D eigenvalue weighted by Crippen LogP contribution is -2.37. The van der Waals surface area contributed by atoms with E-state index in [1.165, 1.54) is 6.42 Å². The third kappa shape index (κ3) is 2.39. The molecule has 0 radical (unpaired) electrons. The van der Waals surface area contributed by atoms with Gasteiger partial charge in [0.1, 0.15) is 6.10 Å². The minimum absolute atomic E-state index is 0.261. The molecule has 1 aliphatic heterocycles. The molecule has 0 amide bonds. The average molecular weight is 228 g/mol. The largest absolute Gasteiger partial charge is 0.473 e. The summed E-state index contributed by atoms with van der Waals surface area (Å²) in [5, 5.41) is 4.49. The fourth-order valence-electron chi connectivity index (χ4n) is 2.20. The first-order chi connectivity index (χ1) is 8.42. The van der Waals surface area contributed by atoms with Gasteiger partial charge >= 0.3 is 0 Å². The summed E-state index contributed by atoms with van der Waals surface area (Å²) in [6.45, 7) is 2.03. The number of para-hydroxylation sites is 1. The maximum atomic E-state index is 5.89. The Kier molecular flexibility index (Phi) is 2.92. The van der Waals surface area contributed by atoms with Crippen LogP contribution in [0.3, 0.4) is 0 Å². The van der Waals surface area contributed by atoms with Crippen molar-refractivity contribution < 1.29 is 4.74 Å². The molecule has 2 heterocycles. The van der Waals surface area contributed by atoms with Gasteiger partial charge < -0.3 is 10.1 Å². The Morgan fingerprint density at radius 3 is 3.00 bits per heavy atom. The van der Waals surface area contributed by atoms with Gasteiger partial charge in [-0.05, 0) is 31.5 Å². The van der Waals surface area contributed by atoms with Crippen LogP contribution >= 0.6 is 0 Å². The van der Waals surface area contributed by atoms with Crippen LogP contribution < -0.4 is 10.1 Å². The number of ether oxygens (including phenoxy) is 1. The molecule has 0 aliphatic carbocycles. The molecule has 3 nitrogen and oxygen atoms in total. The zero-order valence-corrected chi connectivity index (χ0v) is 9.73. The summed E-state index contributed by atoms with van der Waals surface area (Å²) in [4.78, 5) is 4.52. The van der Waals surface area contributed by atoms with E-state index in [-0.39, 0.29) is 6.10 Å². The molecule has 3 heteroatoms. The molecule has 1 aliphatic rings. The smallest absolute Gasteiger partial charge is 0.214 e. The topological polar surface area (TPSA) is 34.1 Å². The Bertz CT molecular complexity index is 506. The van der Waals surface area contributed by atoms with Crippen molar-refractivity contribution in [2.45, 2.75) is 18.9 Å². The SMILES string of the molecule is c1ccc2nc(OC3CCCNC3)ccc2c1. The molecule has 1 unspecified atom stereocenters. The molecule has 1 aromatic carbocycles. The number of aromatic nitrogens is 1. The van der Waals surface area contributed by atoms with Crippen molar-refractivity contribution in [3.63, 3.8) is 0 Å². The van der Waals surface area contributed by atoms with Crippen molar-refractivity contribution in [3.8, 4) is 5.88 Å². The Balaban J connectivity index is 1.80. The Labute approximate surface area is 101 Å². The van der Waals surface area contributed by atoms with Gasteiger partial charge in [-0.3, -0.25) is 0 Å². The summed E-state index contributed by atoms with van der Waals surface area (Å²) in [6, 6.07) is 12.1. The number of rotatable bonds is 2. The molecular formula is C14H16N2O. The molecule has 1 atom stereocenters. The van der Waals surface area contributed by atoms with Gasteiger partial charge in [0.15, 0.2) is 0 Å². The van der Waals surface area contributed by atoms with E-state index in [9.17, 15) is 0 Å². The lowest BCUT2D eigenvalue weighted by molar-refractivity contribution is 0.161. The van der Waals surface area contributed by atoms with Crippen molar-refractivity contribution in [1.82, 2.24) is 10.3 Å². The summed E-state index contributed by atoms with van der Waals surface area (Å²) in [5.74, 6) is 0.734. The molecule has 0 saturated carbocycles. The van der Waals surface area contributed by atoms with Crippen LogP contribution in [0.25, 0.3) is 10.9 Å². The second-order valence-corrected chi connectivity index (χ2v) is 4.43. The Morgan fingerprint density at radius 2 is 2.12 bits per heavy atom. The fourth-order valence-corrected chi connectivity index (χ4v) is 2.20. The van der Waals surface area contributed by atoms with Crippen LogP contribution in [0.5, 0.6) is 5.88 Å². The highest BCUT2D eigenvalue weighted by atomic mass is 16.5. The van der Waals surface area contributed by atoms with Crippen LogP contribution in [0.2, 0.25) is 0 Å². The van der Waals surface area contributed by atoms with Crippen LogP contribution in [0.15, 0.2) is 36.4 Å². The predicted octanol–water partition coefficient (Wildman–Crippen LogP) is 2.37. The van der Waals surface area contributed by atoms with E-state index in [2.05, 4.69) is 22.4 Å². The van der Waals surface area contributed by atoms with E-state index in [0.29, 0.717) is 0 Å². The average Bonchev–Trinajstić information content (AvgIpc) is 2.40. The monoisotopic (exact) mass is 228 g/mol. The van der Waals surface area contributed by atoms with E-state index >= 15 is 0 Å². The minimum atomic E-state index is 0.261. The lowest BCUT2D eigenvalue weighted by atomic mass is 10.1. The van der Waals surface area contributed by atoms with Crippen LogP contribution in [0, 0.1) is 0 Å². The van der Waals surface area contributed by atoms with Crippen LogP contribution in [0.4, 0.5) is 0 Å². The quantitative estimate of drug-likeness (QED) is 0.856. The standard InChI is InChI=1S/C14H16N2O/c1-2-6-13-11(4-1)7-8-14(16-13)17-12-5-3-9-15-10-12/h1-2,4,6-8,12,15H,3,5,9-10H2. The van der Waals surface area contributed by atoms with Gasteiger partial charge in [0.2, 0.25) is 5.88 Å². The lowest BCUT2D eigenvalue weighted by Gasteiger charge is -2.23. The summed E-state index contributed by atoms with van der Waals surface area (Å²) < 4.78 is 5.89. The predicted molar refractivity (Wildman–Crippen MR) is 68.3 cm³/mol. The van der Waals surface area contributed by atoms with Crippen LogP contribution in [-0.4, -0.2) is 24.2 Å². The summed E-state index contributed by atoms with van der Waals surface area (Å²) in [7, 11) is 0. The molecule has 1 N–H and O–H groups in total. The fraction of sp³-hybridized carbons (Fsp3) is 0.357. The number of hydrogen-bond donors (Lipinski definition) is 1. The van der Waals surface area contributed by atoms with Crippen molar-refractivity contribution in [2.75, 3.05) is 13.1 Å². The maximum absolute atomic E-state index is 5.89. The van der Waals surface area contributed by atoms with Crippen molar-refractivity contribution in [1.29, 1.82) is 0 Å². The number of hydrogen-bond acceptors (Lipinski definition) is 3. The van der Waals surface area contributed by atoms with Gasteiger partial charge in [-0.15, -0.1) is 0 Å². The van der Waals surface area contributed by atoms with E-state index in [0.717, 1.165) is 36.3 Å². The molecule has 1 aromatic heterocycles. The van der Waals surface area contributed by atoms with Crippen molar-refractivity contribution in [2.24, 2.45) is 0 Å². The number of nitrogens with one attached hydrogen (secondary N) is 1. The van der Waals surface area contributed by atoms with Gasteiger partial charge in [0.25, 0.3) is 0 Å². The Morgan fingerprint density at radius 1 is 1.18 bits per heavy atom. The van der Waals surface area contributed by atoms with Gasteiger partial charge in [-0.1, -0.05) is 18.2 Å². The molecule has 1 fully saturated rings. The summed E-state index contributed by atoms with van der Waals surface area (Å²) >= 11 is 0. The molecule has 2 aromatic rings. The number of piperidine rings is 1. The van der Waals surface area contributed by atoms with Gasteiger partial charge in [0.05, 0.1) is 5.52 Å². The highest BCUT2D eigenvalue weighted by Crippen LogP contribution is 2.18. The van der Waals surface area contributed by atoms with Gasteiger partial charge in [-0.25, -0.2) is 4.98 Å². The first-order valence-corrected chi connectivity index (χ1v) is 6.15. The molecule has 0 bridgehead atoms. The highest BCUT2D eigenvalue weighted by Gasteiger charge is 2.14. The zero-order chi connectivity index (χ0) is 11.5. The first-order valence-electron chi connectivity index (χ1n) is 6.15. The number of fused-ring (bicyclic) bond motifs is 1. The van der Waals surface area contributed by atoms with E-state index < -0.39 is 0 Å². The van der Waals surface area contributed by atoms with Gasteiger partial charge in [0, 0.05) is 18.0 Å². The van der Waals surface area contributed by atoms with E-state index in [1.54, 1.807) is 0 Å². The number of nitrogens with zero attached hydrogens (tertiary/aromatic N) is 1. The molecule has 88 valence electrons. The summed E-state index contributed by atoms with van der Waals surface area (Å²) in [6.07, 6.45) is 2.55. The second-order valence-electron chi connectivity index (χ2n) is 4.43. The molecule has 1 saturated heterocycles. The second kappa shape index (κ2) is 4.72. The number of benzene rings is 1. The van der Waals surface area contributed by atoms with E-state index in [4.69, 9.17) is 4.74 Å². The third-order valence-electron chi connectivity index (χ3n) is 3.11. The van der Waals surface area contributed by atoms with Crippen molar-refractivity contribution >= 4 is 10.9 Å². The van der Waals surface area contributed by atoms with E-state index in [1.807, 2.05) is 24.3 Å². The maximum Gasteiger partial charge on any atom is 0.214 e. The van der Waals surface area contributed by atoms with Gasteiger partial charge in [-0.2, -0.15) is 0 Å². The number of pyridine rings is 1. The van der Waals surface area contributed by atoms with Crippen LogP contribution in [-0.2, 0) is 0 Å². The van der Waals surface area contributed by atoms with Crippen LogP contribution in [0.1, 0.15) is 12.8 Å². The Hall–Kier alpha value is -1.61. The normalized spacial score (nSPS) is 20.4. The minimum Gasteiger partial charge on any atom is -0.473 e. The third-order valence-corrected chi connectivity index (χ3v) is 3.11. The zero-order valence-electron chi connectivity index (χ0n) is 9.73. The first kappa shape index (κ1) is 10.5. The molecule has 0 spiro atoms. The summed E-state index contributed by atoms with van der Waals surface area (Å²) in [5.41, 5.74) is 0.994. The molecule has 3 rings (SSSR count). The van der Waals surface area contributed by atoms with Crippen molar-refractivity contribution in [3.05, 3.63) is 36.4 Å².